The highest BCUT2D eigenvalue weighted by Crippen LogP contribution is 2.46. The van der Waals surface area contributed by atoms with Crippen LogP contribution in [0.2, 0.25) is 0 Å². The Hall–Kier alpha value is -2.09. The second-order valence-corrected chi connectivity index (χ2v) is 5.27. The second-order valence-electron chi connectivity index (χ2n) is 5.27. The lowest BCUT2D eigenvalue weighted by Crippen LogP contribution is -2.12. The van der Waals surface area contributed by atoms with Gasteiger partial charge in [-0.15, -0.1) is 0 Å². The molecule has 0 heterocycles. The highest BCUT2D eigenvalue weighted by atomic mass is 16.5. The number of rotatable bonds is 2. The minimum atomic E-state index is -0.222. The molecule has 0 aliphatic heterocycles. The largest absolute Gasteiger partial charge is 0.452 e. The van der Waals surface area contributed by atoms with Gasteiger partial charge in [0.1, 0.15) is 0 Å². The number of carbonyl (C=O) groups excluding carboxylic acids is 1. The number of benzene rings is 2. The first-order valence-corrected chi connectivity index (χ1v) is 6.73. The van der Waals surface area contributed by atoms with Gasteiger partial charge in [0.05, 0.1) is 5.92 Å². The van der Waals surface area contributed by atoms with Gasteiger partial charge < -0.3 is 4.74 Å². The van der Waals surface area contributed by atoms with Crippen molar-refractivity contribution in [3.8, 4) is 11.1 Å². The molecule has 0 aromatic heterocycles. The van der Waals surface area contributed by atoms with Crippen LogP contribution in [0.1, 0.15) is 30.1 Å². The zero-order valence-electron chi connectivity index (χ0n) is 10.5. The van der Waals surface area contributed by atoms with Crippen molar-refractivity contribution in [2.45, 2.75) is 18.9 Å². The van der Waals surface area contributed by atoms with E-state index in [2.05, 4.69) is 24.3 Å². The van der Waals surface area contributed by atoms with Gasteiger partial charge in [0.25, 0.3) is 0 Å². The summed E-state index contributed by atoms with van der Waals surface area (Å²) in [6.07, 6.45) is 1.74. The first-order valence-electron chi connectivity index (χ1n) is 6.73. The maximum atomic E-state index is 12.0. The zero-order valence-corrected chi connectivity index (χ0v) is 10.5. The third kappa shape index (κ3) is 1.67. The first kappa shape index (κ1) is 10.8. The average molecular weight is 250 g/mol. The van der Waals surface area contributed by atoms with Crippen molar-refractivity contribution in [3.05, 3.63) is 59.7 Å². The predicted molar refractivity (Wildman–Crippen MR) is 72.5 cm³/mol. The lowest BCUT2D eigenvalue weighted by molar-refractivity contribution is -0.148. The Labute approximate surface area is 112 Å². The lowest BCUT2D eigenvalue weighted by atomic mass is 10.1. The fourth-order valence-electron chi connectivity index (χ4n) is 2.77. The molecule has 19 heavy (non-hydrogen) atoms. The summed E-state index contributed by atoms with van der Waals surface area (Å²) in [5, 5.41) is 0. The molecule has 0 radical (unpaired) electrons. The number of carbonyl (C=O) groups is 1. The third-order valence-corrected chi connectivity index (χ3v) is 3.92. The molecule has 0 spiro atoms. The Morgan fingerprint density at radius 3 is 1.95 bits per heavy atom. The molecule has 0 bridgehead atoms. The number of hydrogen-bond donors (Lipinski definition) is 0. The van der Waals surface area contributed by atoms with Crippen LogP contribution in [0.3, 0.4) is 0 Å². The van der Waals surface area contributed by atoms with Crippen LogP contribution < -0.4 is 0 Å². The number of ether oxygens (including phenoxy) is 1. The van der Waals surface area contributed by atoms with Crippen molar-refractivity contribution < 1.29 is 9.53 Å². The fourth-order valence-corrected chi connectivity index (χ4v) is 2.77. The summed E-state index contributed by atoms with van der Waals surface area (Å²) in [6, 6.07) is 16.4. The van der Waals surface area contributed by atoms with Gasteiger partial charge in [0.2, 0.25) is 0 Å². The van der Waals surface area contributed by atoms with Crippen molar-refractivity contribution >= 4 is 5.97 Å². The van der Waals surface area contributed by atoms with Crippen LogP contribution in [0, 0.1) is 5.92 Å². The first-order chi connectivity index (χ1) is 9.34. The third-order valence-electron chi connectivity index (χ3n) is 3.92. The van der Waals surface area contributed by atoms with Crippen LogP contribution in [-0.2, 0) is 9.53 Å². The van der Waals surface area contributed by atoms with Crippen molar-refractivity contribution in [3.63, 3.8) is 0 Å². The quantitative estimate of drug-likeness (QED) is 0.759. The Kier molecular flexibility index (Phi) is 2.25. The van der Waals surface area contributed by atoms with Gasteiger partial charge in [0, 0.05) is 11.1 Å². The molecule has 1 saturated carbocycles. The monoisotopic (exact) mass is 250 g/mol. The Morgan fingerprint density at radius 1 is 0.895 bits per heavy atom. The van der Waals surface area contributed by atoms with Gasteiger partial charge in [-0.3, -0.25) is 4.79 Å². The van der Waals surface area contributed by atoms with E-state index in [9.17, 15) is 4.79 Å². The van der Waals surface area contributed by atoms with E-state index in [1.54, 1.807) is 0 Å². The average Bonchev–Trinajstić information content (AvgIpc) is 3.26. The van der Waals surface area contributed by atoms with E-state index in [0.717, 1.165) is 24.0 Å². The van der Waals surface area contributed by atoms with Crippen LogP contribution >= 0.6 is 0 Å². The molecule has 2 heteroatoms. The molecule has 2 aliphatic rings. The molecule has 2 aromatic rings. The van der Waals surface area contributed by atoms with E-state index in [0.29, 0.717) is 0 Å². The molecule has 0 unspecified atom stereocenters. The summed E-state index contributed by atoms with van der Waals surface area (Å²) in [6.45, 7) is 0. The standard InChI is InChI=1S/C17H14O2/c18-17(11-9-10-11)19-16-14-7-3-1-5-12(14)13-6-2-4-8-15(13)16/h1-8,11,16H,9-10H2. The SMILES string of the molecule is O=C(OC1c2ccccc2-c2ccccc21)C1CC1. The number of fused-ring (bicyclic) bond motifs is 3. The van der Waals surface area contributed by atoms with Crippen molar-refractivity contribution in [2.24, 2.45) is 5.92 Å². The Morgan fingerprint density at radius 2 is 1.42 bits per heavy atom. The van der Waals surface area contributed by atoms with Crippen LogP contribution in [0.4, 0.5) is 0 Å². The zero-order chi connectivity index (χ0) is 12.8. The molecule has 94 valence electrons. The Balaban J connectivity index is 1.79. The van der Waals surface area contributed by atoms with E-state index < -0.39 is 0 Å². The minimum Gasteiger partial charge on any atom is -0.452 e. The predicted octanol–water partition coefficient (Wildman–Crippen LogP) is 3.71. The molecule has 0 amide bonds. The van der Waals surface area contributed by atoms with Crippen LogP contribution in [0.15, 0.2) is 48.5 Å². The van der Waals surface area contributed by atoms with Crippen molar-refractivity contribution in [1.29, 1.82) is 0 Å². The van der Waals surface area contributed by atoms with Gasteiger partial charge in [0.15, 0.2) is 6.10 Å². The molecule has 0 atom stereocenters. The molecule has 1 fully saturated rings. The molecule has 2 nitrogen and oxygen atoms in total. The second kappa shape index (κ2) is 3.95. The molecular formula is C17H14O2. The smallest absolute Gasteiger partial charge is 0.309 e. The number of hydrogen-bond acceptors (Lipinski definition) is 2. The number of esters is 1. The summed E-state index contributed by atoms with van der Waals surface area (Å²) in [5.74, 6) is 0.0939. The lowest BCUT2D eigenvalue weighted by Gasteiger charge is -2.14. The Bertz CT molecular complexity index is 610. The van der Waals surface area contributed by atoms with E-state index in [-0.39, 0.29) is 18.0 Å². The molecule has 4 rings (SSSR count). The normalized spacial score (nSPS) is 16.8. The summed E-state index contributed by atoms with van der Waals surface area (Å²) in [4.78, 5) is 12.0. The molecule has 2 aromatic carbocycles. The van der Waals surface area contributed by atoms with Crippen LogP contribution in [-0.4, -0.2) is 5.97 Å². The topological polar surface area (TPSA) is 26.3 Å². The van der Waals surface area contributed by atoms with Crippen molar-refractivity contribution in [1.82, 2.24) is 0 Å². The highest BCUT2D eigenvalue weighted by Gasteiger charge is 2.36. The van der Waals surface area contributed by atoms with Gasteiger partial charge in [-0.25, -0.2) is 0 Å². The van der Waals surface area contributed by atoms with Gasteiger partial charge in [-0.05, 0) is 24.0 Å². The molecule has 0 N–H and O–H groups in total. The van der Waals surface area contributed by atoms with Crippen molar-refractivity contribution in [2.75, 3.05) is 0 Å². The van der Waals surface area contributed by atoms with E-state index >= 15 is 0 Å². The summed E-state index contributed by atoms with van der Waals surface area (Å²) >= 11 is 0. The van der Waals surface area contributed by atoms with Gasteiger partial charge in [-0.1, -0.05) is 48.5 Å². The summed E-state index contributed by atoms with van der Waals surface area (Å²) < 4.78 is 5.75. The van der Waals surface area contributed by atoms with E-state index in [1.165, 1.54) is 11.1 Å². The van der Waals surface area contributed by atoms with Gasteiger partial charge >= 0.3 is 5.97 Å². The van der Waals surface area contributed by atoms with E-state index in [4.69, 9.17) is 4.74 Å². The molecule has 2 aliphatic carbocycles. The van der Waals surface area contributed by atoms with Crippen LogP contribution in [0.5, 0.6) is 0 Å². The van der Waals surface area contributed by atoms with E-state index in [1.807, 2.05) is 24.3 Å². The highest BCUT2D eigenvalue weighted by molar-refractivity contribution is 5.81. The van der Waals surface area contributed by atoms with Gasteiger partial charge in [-0.2, -0.15) is 0 Å². The van der Waals surface area contributed by atoms with Crippen LogP contribution in [0.25, 0.3) is 11.1 Å². The molecule has 0 saturated heterocycles. The maximum absolute atomic E-state index is 12.0. The summed E-state index contributed by atoms with van der Waals surface area (Å²) in [5.41, 5.74) is 4.59. The maximum Gasteiger partial charge on any atom is 0.309 e. The summed E-state index contributed by atoms with van der Waals surface area (Å²) in [7, 11) is 0. The minimum absolute atomic E-state index is 0.0449. The fraction of sp³-hybridized carbons (Fsp3) is 0.235. The molecular weight excluding hydrogens is 236 g/mol.